The Morgan fingerprint density at radius 1 is 0.867 bits per heavy atom. The Balaban J connectivity index is 1.25. The zero-order valence-electron chi connectivity index (χ0n) is 16.9. The fourth-order valence-corrected chi connectivity index (χ4v) is 4.45. The number of carbonyl (C=O) groups is 2. The third-order valence-corrected chi connectivity index (χ3v) is 6.25. The maximum atomic E-state index is 12.8. The van der Waals surface area contributed by atoms with E-state index in [0.717, 1.165) is 23.4 Å². The minimum Gasteiger partial charge on any atom is -0.339 e. The lowest BCUT2D eigenvalue weighted by Gasteiger charge is -2.34. The predicted molar refractivity (Wildman–Crippen MR) is 119 cm³/mol. The Labute approximate surface area is 181 Å². The van der Waals surface area contributed by atoms with E-state index in [2.05, 4.69) is 17.1 Å². The van der Waals surface area contributed by atoms with Crippen molar-refractivity contribution < 1.29 is 9.59 Å². The monoisotopic (exact) mass is 419 g/mol. The van der Waals surface area contributed by atoms with Gasteiger partial charge in [0, 0.05) is 43.5 Å². The van der Waals surface area contributed by atoms with Crippen LogP contribution in [0.5, 0.6) is 0 Å². The van der Waals surface area contributed by atoms with Gasteiger partial charge in [-0.15, -0.1) is 11.3 Å². The molecular weight excluding hydrogens is 394 g/mol. The van der Waals surface area contributed by atoms with E-state index in [9.17, 15) is 9.59 Å². The van der Waals surface area contributed by atoms with Crippen LogP contribution in [0, 0.1) is 0 Å². The summed E-state index contributed by atoms with van der Waals surface area (Å²) in [4.78, 5) is 33.5. The molecule has 3 aromatic rings. The molecule has 4 rings (SSSR count). The third kappa shape index (κ3) is 4.94. The van der Waals surface area contributed by atoms with Crippen molar-refractivity contribution in [2.75, 3.05) is 26.2 Å². The molecule has 2 aromatic carbocycles. The van der Waals surface area contributed by atoms with Crippen LogP contribution in [0.2, 0.25) is 0 Å². The molecule has 0 atom stereocenters. The van der Waals surface area contributed by atoms with E-state index >= 15 is 0 Å². The van der Waals surface area contributed by atoms with Gasteiger partial charge in [0.25, 0.3) is 5.91 Å². The summed E-state index contributed by atoms with van der Waals surface area (Å²) in [6.07, 6.45) is 2.32. The fraction of sp³-hybridized carbons (Fsp3) is 0.292. The SMILES string of the molecule is O=C(CCCc1ccccc1)N1CCN(C(=O)c2csc(-c3ccccc3)n2)CC1. The summed E-state index contributed by atoms with van der Waals surface area (Å²) in [5, 5.41) is 2.68. The molecule has 6 heteroatoms. The number of amides is 2. The molecule has 1 aromatic heterocycles. The van der Waals surface area contributed by atoms with Crippen LogP contribution in [0.4, 0.5) is 0 Å². The lowest BCUT2D eigenvalue weighted by Crippen LogP contribution is -2.50. The van der Waals surface area contributed by atoms with Crippen molar-refractivity contribution in [3.05, 3.63) is 77.3 Å². The van der Waals surface area contributed by atoms with Crippen molar-refractivity contribution in [2.24, 2.45) is 0 Å². The first-order chi connectivity index (χ1) is 14.7. The summed E-state index contributed by atoms with van der Waals surface area (Å²) in [6, 6.07) is 20.1. The summed E-state index contributed by atoms with van der Waals surface area (Å²) in [6.45, 7) is 2.29. The van der Waals surface area contributed by atoms with Crippen molar-refractivity contribution >= 4 is 23.2 Å². The average molecular weight is 420 g/mol. The molecule has 2 amide bonds. The van der Waals surface area contributed by atoms with Gasteiger partial charge in [-0.1, -0.05) is 60.7 Å². The first kappa shape index (κ1) is 20.3. The van der Waals surface area contributed by atoms with Crippen LogP contribution in [-0.4, -0.2) is 52.8 Å². The van der Waals surface area contributed by atoms with Crippen LogP contribution in [0.3, 0.4) is 0 Å². The van der Waals surface area contributed by atoms with E-state index in [1.807, 2.05) is 58.8 Å². The van der Waals surface area contributed by atoms with E-state index in [-0.39, 0.29) is 11.8 Å². The quantitative estimate of drug-likeness (QED) is 0.604. The lowest BCUT2D eigenvalue weighted by molar-refractivity contribution is -0.132. The Bertz CT molecular complexity index is 980. The molecule has 0 N–H and O–H groups in total. The maximum absolute atomic E-state index is 12.8. The van der Waals surface area contributed by atoms with Gasteiger partial charge in [-0.2, -0.15) is 0 Å². The number of hydrogen-bond donors (Lipinski definition) is 0. The smallest absolute Gasteiger partial charge is 0.273 e. The minimum atomic E-state index is -0.0513. The van der Waals surface area contributed by atoms with Gasteiger partial charge >= 0.3 is 0 Å². The highest BCUT2D eigenvalue weighted by Crippen LogP contribution is 2.24. The first-order valence-corrected chi connectivity index (χ1v) is 11.2. The molecule has 30 heavy (non-hydrogen) atoms. The highest BCUT2D eigenvalue weighted by molar-refractivity contribution is 7.13. The molecule has 5 nitrogen and oxygen atoms in total. The zero-order valence-corrected chi connectivity index (χ0v) is 17.7. The van der Waals surface area contributed by atoms with Crippen LogP contribution in [0.25, 0.3) is 10.6 Å². The van der Waals surface area contributed by atoms with Gasteiger partial charge in [0.1, 0.15) is 10.7 Å². The number of thiazole rings is 1. The standard InChI is InChI=1S/C24H25N3O2S/c28-22(13-7-10-19-8-3-1-4-9-19)26-14-16-27(17-15-26)24(29)21-18-30-23(25-21)20-11-5-2-6-12-20/h1-6,8-9,11-12,18H,7,10,13-17H2. The fourth-order valence-electron chi connectivity index (χ4n) is 3.65. The van der Waals surface area contributed by atoms with Crippen LogP contribution < -0.4 is 0 Å². The molecule has 1 saturated heterocycles. The summed E-state index contributed by atoms with van der Waals surface area (Å²) in [5.74, 6) is 0.127. The van der Waals surface area contributed by atoms with Gasteiger partial charge in [0.2, 0.25) is 5.91 Å². The highest BCUT2D eigenvalue weighted by Gasteiger charge is 2.26. The molecule has 0 unspecified atom stereocenters. The summed E-state index contributed by atoms with van der Waals surface area (Å²) in [5.41, 5.74) is 2.77. The molecule has 0 aliphatic carbocycles. The van der Waals surface area contributed by atoms with Crippen molar-refractivity contribution in [1.82, 2.24) is 14.8 Å². The number of piperazine rings is 1. The lowest BCUT2D eigenvalue weighted by atomic mass is 10.1. The number of rotatable bonds is 6. The molecule has 0 saturated carbocycles. The first-order valence-electron chi connectivity index (χ1n) is 10.3. The predicted octanol–water partition coefficient (Wildman–Crippen LogP) is 4.12. The Kier molecular flexibility index (Phi) is 6.54. The molecule has 0 spiro atoms. The second-order valence-electron chi connectivity index (χ2n) is 7.42. The van der Waals surface area contributed by atoms with Crippen molar-refractivity contribution in [2.45, 2.75) is 19.3 Å². The van der Waals surface area contributed by atoms with E-state index in [1.54, 1.807) is 4.90 Å². The van der Waals surface area contributed by atoms with Crippen LogP contribution in [-0.2, 0) is 11.2 Å². The van der Waals surface area contributed by atoms with Crippen LogP contribution in [0.1, 0.15) is 28.9 Å². The molecule has 2 heterocycles. The number of hydrogen-bond acceptors (Lipinski definition) is 4. The minimum absolute atomic E-state index is 0.0513. The molecule has 0 bridgehead atoms. The molecule has 1 fully saturated rings. The van der Waals surface area contributed by atoms with E-state index < -0.39 is 0 Å². The van der Waals surface area contributed by atoms with Gasteiger partial charge in [0.05, 0.1) is 0 Å². The second-order valence-corrected chi connectivity index (χ2v) is 8.27. The summed E-state index contributed by atoms with van der Waals surface area (Å²) >= 11 is 1.48. The molecule has 1 aliphatic heterocycles. The Morgan fingerprint density at radius 2 is 1.50 bits per heavy atom. The topological polar surface area (TPSA) is 53.5 Å². The zero-order chi connectivity index (χ0) is 20.8. The van der Waals surface area contributed by atoms with Crippen molar-refractivity contribution in [3.63, 3.8) is 0 Å². The highest BCUT2D eigenvalue weighted by atomic mass is 32.1. The van der Waals surface area contributed by atoms with E-state index in [4.69, 9.17) is 0 Å². The summed E-state index contributed by atoms with van der Waals surface area (Å²) in [7, 11) is 0. The average Bonchev–Trinajstić information content (AvgIpc) is 3.30. The maximum Gasteiger partial charge on any atom is 0.273 e. The van der Waals surface area contributed by atoms with Crippen LogP contribution >= 0.6 is 11.3 Å². The number of aryl methyl sites for hydroxylation is 1. The van der Waals surface area contributed by atoms with Crippen molar-refractivity contribution in [1.29, 1.82) is 0 Å². The molecular formula is C24H25N3O2S. The normalized spacial score (nSPS) is 14.0. The van der Waals surface area contributed by atoms with Gasteiger partial charge in [-0.3, -0.25) is 9.59 Å². The molecule has 0 radical (unpaired) electrons. The van der Waals surface area contributed by atoms with Gasteiger partial charge in [0.15, 0.2) is 0 Å². The summed E-state index contributed by atoms with van der Waals surface area (Å²) < 4.78 is 0. The number of nitrogens with zero attached hydrogens (tertiary/aromatic N) is 3. The Hall–Kier alpha value is -2.99. The number of carbonyl (C=O) groups excluding carboxylic acids is 2. The second kappa shape index (κ2) is 9.67. The molecule has 154 valence electrons. The number of benzene rings is 2. The molecule has 1 aliphatic rings. The third-order valence-electron chi connectivity index (χ3n) is 5.36. The van der Waals surface area contributed by atoms with Gasteiger partial charge in [-0.05, 0) is 18.4 Å². The van der Waals surface area contributed by atoms with Gasteiger partial charge in [-0.25, -0.2) is 4.98 Å². The Morgan fingerprint density at radius 3 is 2.20 bits per heavy atom. The largest absolute Gasteiger partial charge is 0.339 e. The van der Waals surface area contributed by atoms with Gasteiger partial charge < -0.3 is 9.80 Å². The van der Waals surface area contributed by atoms with Crippen LogP contribution in [0.15, 0.2) is 66.0 Å². The van der Waals surface area contributed by atoms with E-state index in [1.165, 1.54) is 16.9 Å². The van der Waals surface area contributed by atoms with E-state index in [0.29, 0.717) is 38.3 Å². The number of aromatic nitrogens is 1. The van der Waals surface area contributed by atoms with Crippen molar-refractivity contribution in [3.8, 4) is 10.6 Å².